The highest BCUT2D eigenvalue weighted by Crippen LogP contribution is 2.17. The fraction of sp³-hybridized carbons (Fsp3) is 0.923. The summed E-state index contributed by atoms with van der Waals surface area (Å²) < 4.78 is 0. The molecule has 0 heterocycles. The number of guanidine groups is 1. The Morgan fingerprint density at radius 3 is 2.47 bits per heavy atom. The summed E-state index contributed by atoms with van der Waals surface area (Å²) in [5, 5.41) is 6.88. The van der Waals surface area contributed by atoms with Crippen molar-refractivity contribution >= 4 is 29.9 Å². The first-order valence-electron chi connectivity index (χ1n) is 6.69. The molecule has 0 saturated heterocycles. The summed E-state index contributed by atoms with van der Waals surface area (Å²) in [4.78, 5) is 4.26. The minimum absolute atomic E-state index is 0. The second kappa shape index (κ2) is 9.97. The molecule has 0 aliphatic heterocycles. The zero-order chi connectivity index (χ0) is 11.8. The zero-order valence-electron chi connectivity index (χ0n) is 11.5. The quantitative estimate of drug-likeness (QED) is 0.345. The van der Waals surface area contributed by atoms with Gasteiger partial charge < -0.3 is 10.6 Å². The average Bonchev–Trinajstić information content (AvgIpc) is 2.75. The van der Waals surface area contributed by atoms with Crippen LogP contribution in [0.2, 0.25) is 0 Å². The van der Waals surface area contributed by atoms with Gasteiger partial charge in [-0.15, -0.1) is 24.0 Å². The van der Waals surface area contributed by atoms with Gasteiger partial charge in [0.1, 0.15) is 0 Å². The molecule has 1 saturated carbocycles. The molecule has 102 valence electrons. The Morgan fingerprint density at radius 2 is 1.94 bits per heavy atom. The van der Waals surface area contributed by atoms with E-state index >= 15 is 0 Å². The Labute approximate surface area is 123 Å². The van der Waals surface area contributed by atoms with Crippen LogP contribution in [0.5, 0.6) is 0 Å². The maximum Gasteiger partial charge on any atom is 0.191 e. The molecule has 0 aromatic rings. The van der Waals surface area contributed by atoms with E-state index in [1.54, 1.807) is 0 Å². The maximum absolute atomic E-state index is 4.26. The van der Waals surface area contributed by atoms with Gasteiger partial charge in [-0.2, -0.15) is 0 Å². The van der Waals surface area contributed by atoms with E-state index in [2.05, 4.69) is 29.5 Å². The van der Waals surface area contributed by atoms with Crippen LogP contribution in [0.3, 0.4) is 0 Å². The van der Waals surface area contributed by atoms with Gasteiger partial charge in [0.25, 0.3) is 0 Å². The number of halogens is 1. The smallest absolute Gasteiger partial charge is 0.191 e. The van der Waals surface area contributed by atoms with Crippen molar-refractivity contribution in [2.75, 3.05) is 13.6 Å². The molecule has 1 aliphatic carbocycles. The van der Waals surface area contributed by atoms with Gasteiger partial charge in [-0.25, -0.2) is 0 Å². The summed E-state index contributed by atoms with van der Waals surface area (Å²) in [6.07, 6.45) is 7.83. The van der Waals surface area contributed by atoms with Crippen molar-refractivity contribution in [2.45, 2.75) is 58.4 Å². The largest absolute Gasteiger partial charge is 0.356 e. The summed E-state index contributed by atoms with van der Waals surface area (Å²) in [6, 6.07) is 0.649. The summed E-state index contributed by atoms with van der Waals surface area (Å²) in [5.74, 6) is 1.78. The van der Waals surface area contributed by atoms with Gasteiger partial charge >= 0.3 is 0 Å². The van der Waals surface area contributed by atoms with Gasteiger partial charge in [0, 0.05) is 19.6 Å². The van der Waals surface area contributed by atoms with E-state index in [0.717, 1.165) is 18.4 Å². The van der Waals surface area contributed by atoms with Crippen LogP contribution in [0.4, 0.5) is 0 Å². The Balaban J connectivity index is 0.00000256. The second-order valence-corrected chi connectivity index (χ2v) is 5.16. The Kier molecular flexibility index (Phi) is 9.97. The number of nitrogens with one attached hydrogen (secondary N) is 2. The van der Waals surface area contributed by atoms with Crippen LogP contribution in [0, 0.1) is 5.92 Å². The maximum atomic E-state index is 4.26. The van der Waals surface area contributed by atoms with E-state index in [1.165, 1.54) is 38.5 Å². The van der Waals surface area contributed by atoms with E-state index in [4.69, 9.17) is 0 Å². The Bertz CT molecular complexity index is 211. The predicted octanol–water partition coefficient (Wildman–Crippen LogP) is 3.15. The summed E-state index contributed by atoms with van der Waals surface area (Å²) in [5.41, 5.74) is 0. The lowest BCUT2D eigenvalue weighted by molar-refractivity contribution is 0.545. The molecular weight excluding hydrogens is 325 g/mol. The van der Waals surface area contributed by atoms with Crippen molar-refractivity contribution in [3.63, 3.8) is 0 Å². The normalized spacial score (nSPS) is 17.1. The molecule has 0 unspecified atom stereocenters. The monoisotopic (exact) mass is 353 g/mol. The van der Waals surface area contributed by atoms with Crippen molar-refractivity contribution in [3.8, 4) is 0 Å². The molecule has 0 spiro atoms. The van der Waals surface area contributed by atoms with Crippen LogP contribution in [-0.4, -0.2) is 25.6 Å². The molecule has 1 fully saturated rings. The molecule has 3 nitrogen and oxygen atoms in total. The van der Waals surface area contributed by atoms with Gasteiger partial charge in [-0.1, -0.05) is 26.7 Å². The molecule has 17 heavy (non-hydrogen) atoms. The molecule has 1 rings (SSSR count). The summed E-state index contributed by atoms with van der Waals surface area (Å²) in [6.45, 7) is 5.57. The SMILES string of the molecule is CN=C(NCCCC(C)C)NC1CCCC1.I. The minimum atomic E-state index is 0. The van der Waals surface area contributed by atoms with Crippen LogP contribution in [-0.2, 0) is 0 Å². The van der Waals surface area contributed by atoms with Crippen LogP contribution in [0.15, 0.2) is 4.99 Å². The van der Waals surface area contributed by atoms with Gasteiger partial charge in [0.2, 0.25) is 0 Å². The highest BCUT2D eigenvalue weighted by molar-refractivity contribution is 14.0. The molecule has 2 N–H and O–H groups in total. The number of rotatable bonds is 5. The van der Waals surface area contributed by atoms with Crippen molar-refractivity contribution < 1.29 is 0 Å². The highest BCUT2D eigenvalue weighted by atomic mass is 127. The van der Waals surface area contributed by atoms with Gasteiger partial charge in [-0.3, -0.25) is 4.99 Å². The summed E-state index contributed by atoms with van der Waals surface area (Å²) >= 11 is 0. The lowest BCUT2D eigenvalue weighted by Gasteiger charge is -2.17. The minimum Gasteiger partial charge on any atom is -0.356 e. The molecule has 0 amide bonds. The fourth-order valence-corrected chi connectivity index (χ4v) is 2.18. The molecular formula is C13H28IN3. The van der Waals surface area contributed by atoms with Gasteiger partial charge in [0.15, 0.2) is 5.96 Å². The zero-order valence-corrected chi connectivity index (χ0v) is 13.8. The van der Waals surface area contributed by atoms with E-state index in [1.807, 2.05) is 7.05 Å². The first-order valence-corrected chi connectivity index (χ1v) is 6.69. The number of aliphatic imine (C=N–C) groups is 1. The van der Waals surface area contributed by atoms with Crippen molar-refractivity contribution in [1.82, 2.24) is 10.6 Å². The van der Waals surface area contributed by atoms with Gasteiger partial charge in [-0.05, 0) is 31.6 Å². The molecule has 0 atom stereocenters. The van der Waals surface area contributed by atoms with E-state index in [-0.39, 0.29) is 24.0 Å². The third-order valence-electron chi connectivity index (χ3n) is 3.17. The topological polar surface area (TPSA) is 36.4 Å². The lowest BCUT2D eigenvalue weighted by atomic mass is 10.1. The first-order chi connectivity index (χ1) is 7.72. The standard InChI is InChI=1S/C13H27N3.HI/c1-11(2)7-6-10-15-13(14-3)16-12-8-4-5-9-12;/h11-12H,4-10H2,1-3H3,(H2,14,15,16);1H. The molecule has 0 aromatic heterocycles. The first kappa shape index (κ1) is 17.0. The van der Waals surface area contributed by atoms with Crippen molar-refractivity contribution in [3.05, 3.63) is 0 Å². The average molecular weight is 353 g/mol. The Morgan fingerprint density at radius 1 is 1.29 bits per heavy atom. The van der Waals surface area contributed by atoms with Crippen molar-refractivity contribution in [1.29, 1.82) is 0 Å². The number of hydrogen-bond donors (Lipinski definition) is 2. The van der Waals surface area contributed by atoms with Crippen LogP contribution in [0.25, 0.3) is 0 Å². The van der Waals surface area contributed by atoms with E-state index < -0.39 is 0 Å². The van der Waals surface area contributed by atoms with Crippen LogP contribution < -0.4 is 10.6 Å². The molecule has 0 aromatic carbocycles. The lowest BCUT2D eigenvalue weighted by Crippen LogP contribution is -2.42. The molecule has 4 heteroatoms. The third-order valence-corrected chi connectivity index (χ3v) is 3.17. The predicted molar refractivity (Wildman–Crippen MR) is 86.2 cm³/mol. The molecule has 0 bridgehead atoms. The summed E-state index contributed by atoms with van der Waals surface area (Å²) in [7, 11) is 1.85. The fourth-order valence-electron chi connectivity index (χ4n) is 2.18. The number of hydrogen-bond acceptors (Lipinski definition) is 1. The van der Waals surface area contributed by atoms with Crippen LogP contribution in [0.1, 0.15) is 52.4 Å². The van der Waals surface area contributed by atoms with Crippen LogP contribution >= 0.6 is 24.0 Å². The van der Waals surface area contributed by atoms with E-state index in [9.17, 15) is 0 Å². The Hall–Kier alpha value is 0. The van der Waals surface area contributed by atoms with Gasteiger partial charge in [0.05, 0.1) is 0 Å². The highest BCUT2D eigenvalue weighted by Gasteiger charge is 2.15. The van der Waals surface area contributed by atoms with Crippen molar-refractivity contribution in [2.24, 2.45) is 10.9 Å². The third kappa shape index (κ3) is 7.84. The number of nitrogens with zero attached hydrogens (tertiary/aromatic N) is 1. The van der Waals surface area contributed by atoms with E-state index in [0.29, 0.717) is 6.04 Å². The second-order valence-electron chi connectivity index (χ2n) is 5.16. The molecule has 1 aliphatic rings. The molecule has 0 radical (unpaired) electrons.